The minimum atomic E-state index is -0.447. The zero-order valence-corrected chi connectivity index (χ0v) is 15.3. The van der Waals surface area contributed by atoms with E-state index in [2.05, 4.69) is 10.3 Å². The van der Waals surface area contributed by atoms with Gasteiger partial charge in [-0.2, -0.15) is 0 Å². The summed E-state index contributed by atoms with van der Waals surface area (Å²) in [6.45, 7) is 2.49. The Morgan fingerprint density at radius 2 is 2.04 bits per heavy atom. The molecule has 0 saturated heterocycles. The monoisotopic (exact) mass is 369 g/mol. The molecule has 7 heteroatoms. The highest BCUT2D eigenvalue weighted by molar-refractivity contribution is 7.17. The van der Waals surface area contributed by atoms with Gasteiger partial charge >= 0.3 is 0 Å². The minimum Gasteiger partial charge on any atom is -0.494 e. The SMILES string of the molecule is CCOc1ccc(NC(=O)c2cnc3sc4c(n3c2=O)CCCC4)cc1. The molecule has 2 heterocycles. The number of nitrogens with one attached hydrogen (secondary N) is 1. The predicted molar refractivity (Wildman–Crippen MR) is 102 cm³/mol. The number of anilines is 1. The van der Waals surface area contributed by atoms with E-state index >= 15 is 0 Å². The third-order valence-electron chi connectivity index (χ3n) is 4.47. The lowest BCUT2D eigenvalue weighted by atomic mass is 10.0. The number of carbonyl (C=O) groups excluding carboxylic acids is 1. The molecule has 2 aromatic heterocycles. The van der Waals surface area contributed by atoms with Crippen LogP contribution in [0.1, 0.15) is 40.7 Å². The van der Waals surface area contributed by atoms with Crippen LogP contribution in [0.3, 0.4) is 0 Å². The second-order valence-corrected chi connectivity index (χ2v) is 7.25. The maximum absolute atomic E-state index is 12.9. The molecule has 0 fully saturated rings. The van der Waals surface area contributed by atoms with Gasteiger partial charge in [0.2, 0.25) is 0 Å². The second-order valence-electron chi connectivity index (χ2n) is 6.19. The summed E-state index contributed by atoms with van der Waals surface area (Å²) in [5.74, 6) is 0.287. The van der Waals surface area contributed by atoms with Crippen molar-refractivity contribution in [1.29, 1.82) is 0 Å². The Balaban J connectivity index is 1.64. The Kier molecular flexibility index (Phi) is 4.46. The van der Waals surface area contributed by atoms with Crippen molar-refractivity contribution in [3.63, 3.8) is 0 Å². The largest absolute Gasteiger partial charge is 0.494 e. The van der Waals surface area contributed by atoms with Gasteiger partial charge in [-0.25, -0.2) is 4.98 Å². The van der Waals surface area contributed by atoms with Gasteiger partial charge in [-0.05, 0) is 56.9 Å². The predicted octanol–water partition coefficient (Wildman–Crippen LogP) is 3.29. The number of hydrogen-bond acceptors (Lipinski definition) is 5. The summed E-state index contributed by atoms with van der Waals surface area (Å²) >= 11 is 1.55. The first kappa shape index (κ1) is 16.8. The normalized spacial score (nSPS) is 13.4. The molecule has 0 spiro atoms. The van der Waals surface area contributed by atoms with Crippen LogP contribution in [0.25, 0.3) is 4.96 Å². The van der Waals surface area contributed by atoms with E-state index in [1.54, 1.807) is 40.0 Å². The average molecular weight is 369 g/mol. The Bertz CT molecular complexity index is 1020. The van der Waals surface area contributed by atoms with Gasteiger partial charge in [-0.15, -0.1) is 11.3 Å². The molecule has 0 radical (unpaired) electrons. The second kappa shape index (κ2) is 6.92. The molecular formula is C19H19N3O3S. The van der Waals surface area contributed by atoms with Crippen LogP contribution in [-0.4, -0.2) is 21.9 Å². The van der Waals surface area contributed by atoms with Crippen LogP contribution in [0.4, 0.5) is 5.69 Å². The number of aryl methyl sites for hydroxylation is 2. The summed E-state index contributed by atoms with van der Waals surface area (Å²) < 4.78 is 7.00. The van der Waals surface area contributed by atoms with Gasteiger partial charge in [0.05, 0.1) is 6.61 Å². The van der Waals surface area contributed by atoms with Crippen LogP contribution >= 0.6 is 11.3 Å². The van der Waals surface area contributed by atoms with Crippen LogP contribution in [0.5, 0.6) is 5.75 Å². The van der Waals surface area contributed by atoms with E-state index in [0.717, 1.165) is 37.1 Å². The summed E-state index contributed by atoms with van der Waals surface area (Å²) in [6.07, 6.45) is 5.43. The van der Waals surface area contributed by atoms with E-state index in [1.807, 2.05) is 6.92 Å². The van der Waals surface area contributed by atoms with Crippen molar-refractivity contribution in [2.75, 3.05) is 11.9 Å². The van der Waals surface area contributed by atoms with Crippen LogP contribution < -0.4 is 15.6 Å². The molecule has 0 saturated carbocycles. The fourth-order valence-electron chi connectivity index (χ4n) is 3.22. The molecule has 0 atom stereocenters. The number of ether oxygens (including phenoxy) is 1. The van der Waals surface area contributed by atoms with Crippen LogP contribution in [0.15, 0.2) is 35.3 Å². The Hall–Kier alpha value is -2.67. The molecule has 134 valence electrons. The topological polar surface area (TPSA) is 72.7 Å². The summed E-state index contributed by atoms with van der Waals surface area (Å²) in [5, 5.41) is 2.76. The van der Waals surface area contributed by atoms with E-state index in [-0.39, 0.29) is 11.1 Å². The lowest BCUT2D eigenvalue weighted by Gasteiger charge is -2.10. The molecule has 1 N–H and O–H groups in total. The molecule has 1 aliphatic carbocycles. The number of fused-ring (bicyclic) bond motifs is 3. The van der Waals surface area contributed by atoms with E-state index in [9.17, 15) is 9.59 Å². The highest BCUT2D eigenvalue weighted by atomic mass is 32.1. The molecule has 26 heavy (non-hydrogen) atoms. The van der Waals surface area contributed by atoms with E-state index in [0.29, 0.717) is 17.3 Å². The lowest BCUT2D eigenvalue weighted by molar-refractivity contribution is 0.102. The average Bonchev–Trinajstić information content (AvgIpc) is 3.03. The van der Waals surface area contributed by atoms with Gasteiger partial charge in [-0.3, -0.25) is 14.0 Å². The molecule has 1 aromatic carbocycles. The van der Waals surface area contributed by atoms with Gasteiger partial charge < -0.3 is 10.1 Å². The molecule has 1 aliphatic rings. The molecule has 3 aromatic rings. The fourth-order valence-corrected chi connectivity index (χ4v) is 4.39. The number of hydrogen-bond donors (Lipinski definition) is 1. The van der Waals surface area contributed by atoms with E-state index in [4.69, 9.17) is 4.74 Å². The highest BCUT2D eigenvalue weighted by Gasteiger charge is 2.21. The molecule has 4 rings (SSSR count). The standard InChI is InChI=1S/C19H19N3O3S/c1-2-25-13-9-7-12(8-10-13)21-17(23)14-11-20-19-22(18(14)24)15-5-3-4-6-16(15)26-19/h7-11H,2-6H2,1H3,(H,21,23). The third kappa shape index (κ3) is 2.99. The molecule has 0 bridgehead atoms. The minimum absolute atomic E-state index is 0.0579. The summed E-state index contributed by atoms with van der Waals surface area (Å²) in [6, 6.07) is 7.06. The Morgan fingerprint density at radius 3 is 2.81 bits per heavy atom. The quantitative estimate of drug-likeness (QED) is 0.766. The summed E-state index contributed by atoms with van der Waals surface area (Å²) in [4.78, 5) is 31.7. The number of thiazole rings is 1. The van der Waals surface area contributed by atoms with Crippen molar-refractivity contribution in [2.45, 2.75) is 32.6 Å². The highest BCUT2D eigenvalue weighted by Crippen LogP contribution is 2.28. The number of carbonyl (C=O) groups is 1. The number of nitrogens with zero attached hydrogens (tertiary/aromatic N) is 2. The van der Waals surface area contributed by atoms with E-state index < -0.39 is 5.91 Å². The van der Waals surface area contributed by atoms with E-state index in [1.165, 1.54) is 11.1 Å². The van der Waals surface area contributed by atoms with Crippen molar-refractivity contribution >= 4 is 27.9 Å². The van der Waals surface area contributed by atoms with Crippen molar-refractivity contribution in [3.05, 3.63) is 57.0 Å². The first-order chi connectivity index (χ1) is 12.7. The summed E-state index contributed by atoms with van der Waals surface area (Å²) in [7, 11) is 0. The number of rotatable bonds is 4. The third-order valence-corrected chi connectivity index (χ3v) is 5.63. The molecule has 0 unspecified atom stereocenters. The molecule has 1 amide bonds. The van der Waals surface area contributed by atoms with Crippen molar-refractivity contribution in [3.8, 4) is 5.75 Å². The van der Waals surface area contributed by atoms with Crippen LogP contribution in [0, 0.1) is 0 Å². The Morgan fingerprint density at radius 1 is 1.27 bits per heavy atom. The zero-order chi connectivity index (χ0) is 18.1. The fraction of sp³-hybridized carbons (Fsp3) is 0.316. The Labute approximate surface area is 154 Å². The van der Waals surface area contributed by atoms with Crippen molar-refractivity contribution in [1.82, 2.24) is 9.38 Å². The first-order valence-corrected chi connectivity index (χ1v) is 9.55. The van der Waals surface area contributed by atoms with Gasteiger partial charge in [0.1, 0.15) is 11.3 Å². The maximum atomic E-state index is 12.9. The molecular weight excluding hydrogens is 350 g/mol. The van der Waals surface area contributed by atoms with Crippen LogP contribution in [0.2, 0.25) is 0 Å². The van der Waals surface area contributed by atoms with Gasteiger partial charge in [0.15, 0.2) is 4.96 Å². The van der Waals surface area contributed by atoms with Crippen molar-refractivity contribution in [2.24, 2.45) is 0 Å². The zero-order valence-electron chi connectivity index (χ0n) is 14.4. The maximum Gasteiger partial charge on any atom is 0.271 e. The lowest BCUT2D eigenvalue weighted by Crippen LogP contribution is -2.27. The number of benzene rings is 1. The molecule has 6 nitrogen and oxygen atoms in total. The smallest absolute Gasteiger partial charge is 0.271 e. The summed E-state index contributed by atoms with van der Waals surface area (Å²) in [5.41, 5.74) is 1.39. The molecule has 0 aliphatic heterocycles. The van der Waals surface area contributed by atoms with Gasteiger partial charge in [-0.1, -0.05) is 0 Å². The number of aromatic nitrogens is 2. The van der Waals surface area contributed by atoms with Gasteiger partial charge in [0.25, 0.3) is 11.5 Å². The van der Waals surface area contributed by atoms with Crippen LogP contribution in [-0.2, 0) is 12.8 Å². The first-order valence-electron chi connectivity index (χ1n) is 8.74. The van der Waals surface area contributed by atoms with Crippen molar-refractivity contribution < 1.29 is 9.53 Å². The van der Waals surface area contributed by atoms with Gasteiger partial charge in [0, 0.05) is 22.5 Å². The number of amides is 1.